The number of hydrogen-bond acceptors (Lipinski definition) is 3. The molecule has 1 aromatic carbocycles. The third kappa shape index (κ3) is 4.69. The van der Waals surface area contributed by atoms with Crippen LogP contribution in [0.3, 0.4) is 0 Å². The number of carbonyl (C=O) groups is 1. The van der Waals surface area contributed by atoms with E-state index in [0.29, 0.717) is 12.8 Å². The van der Waals surface area contributed by atoms with Crippen molar-refractivity contribution < 1.29 is 9.72 Å². The number of benzene rings is 1. The van der Waals surface area contributed by atoms with Crippen LogP contribution in [0.5, 0.6) is 0 Å². The van der Waals surface area contributed by atoms with Crippen LogP contribution in [0.15, 0.2) is 30.3 Å². The molecule has 0 aliphatic heterocycles. The molecule has 0 aromatic heterocycles. The van der Waals surface area contributed by atoms with E-state index in [9.17, 15) is 14.9 Å². The lowest BCUT2D eigenvalue weighted by molar-refractivity contribution is -0.528. The summed E-state index contributed by atoms with van der Waals surface area (Å²) in [6.45, 7) is 2.06. The highest BCUT2D eigenvalue weighted by atomic mass is 16.6. The minimum Gasteiger partial charge on any atom is -0.345 e. The number of hydrogen-bond donors (Lipinski definition) is 1. The van der Waals surface area contributed by atoms with Gasteiger partial charge >= 0.3 is 0 Å². The zero-order valence-electron chi connectivity index (χ0n) is 11.1. The first-order chi connectivity index (χ1) is 9.20. The fourth-order valence-electron chi connectivity index (χ4n) is 2.16. The molecular weight excluding hydrogens is 244 g/mol. The van der Waals surface area contributed by atoms with Crippen molar-refractivity contribution in [2.24, 2.45) is 0 Å². The standard InChI is InChI=1S/C14H20N2O3/c1-2-3-5-10-13(16(18)19)14(15-11-17)12-8-6-4-7-9-12/h4,6-9,11,13-14H,2-3,5,10H2,1H3,(H,15,17)/t13-,14+/m0/s1. The molecule has 19 heavy (non-hydrogen) atoms. The molecule has 0 bridgehead atoms. The van der Waals surface area contributed by atoms with Gasteiger partial charge < -0.3 is 5.32 Å². The number of nitrogens with one attached hydrogen (secondary N) is 1. The van der Waals surface area contributed by atoms with Gasteiger partial charge in [-0.25, -0.2) is 0 Å². The average molecular weight is 264 g/mol. The molecule has 0 saturated carbocycles. The van der Waals surface area contributed by atoms with Crippen molar-refractivity contribution in [3.05, 3.63) is 46.0 Å². The van der Waals surface area contributed by atoms with Crippen LogP contribution < -0.4 is 5.32 Å². The van der Waals surface area contributed by atoms with E-state index in [-0.39, 0.29) is 4.92 Å². The van der Waals surface area contributed by atoms with Crippen LogP contribution >= 0.6 is 0 Å². The zero-order chi connectivity index (χ0) is 14.1. The summed E-state index contributed by atoms with van der Waals surface area (Å²) < 4.78 is 0. The first kappa shape index (κ1) is 15.1. The second-order valence-electron chi connectivity index (χ2n) is 4.52. The van der Waals surface area contributed by atoms with Crippen LogP contribution in [0, 0.1) is 10.1 Å². The normalized spacial score (nSPS) is 13.5. The summed E-state index contributed by atoms with van der Waals surface area (Å²) in [4.78, 5) is 21.7. The molecule has 1 aromatic rings. The summed E-state index contributed by atoms with van der Waals surface area (Å²) in [7, 11) is 0. The molecule has 2 atom stereocenters. The monoisotopic (exact) mass is 264 g/mol. The number of unbranched alkanes of at least 4 members (excludes halogenated alkanes) is 2. The lowest BCUT2D eigenvalue weighted by atomic mass is 9.95. The maximum Gasteiger partial charge on any atom is 0.237 e. The van der Waals surface area contributed by atoms with E-state index >= 15 is 0 Å². The average Bonchev–Trinajstić information content (AvgIpc) is 2.42. The molecule has 0 aliphatic carbocycles. The Kier molecular flexibility index (Phi) is 6.57. The Morgan fingerprint density at radius 3 is 2.53 bits per heavy atom. The Morgan fingerprint density at radius 1 is 1.32 bits per heavy atom. The van der Waals surface area contributed by atoms with E-state index in [1.165, 1.54) is 0 Å². The van der Waals surface area contributed by atoms with Crippen LogP contribution in [0.1, 0.15) is 44.2 Å². The van der Waals surface area contributed by atoms with Crippen molar-refractivity contribution in [1.82, 2.24) is 5.32 Å². The maximum absolute atomic E-state index is 11.2. The van der Waals surface area contributed by atoms with Gasteiger partial charge in [-0.15, -0.1) is 0 Å². The molecule has 0 fully saturated rings. The molecule has 5 nitrogen and oxygen atoms in total. The van der Waals surface area contributed by atoms with Crippen LogP contribution in [0.25, 0.3) is 0 Å². The quantitative estimate of drug-likeness (QED) is 0.322. The van der Waals surface area contributed by atoms with Crippen LogP contribution in [-0.2, 0) is 4.79 Å². The number of carbonyl (C=O) groups excluding carboxylic acids is 1. The minimum absolute atomic E-state index is 0.288. The molecule has 0 radical (unpaired) electrons. The van der Waals surface area contributed by atoms with Crippen molar-refractivity contribution in [3.63, 3.8) is 0 Å². The third-order valence-electron chi connectivity index (χ3n) is 3.17. The van der Waals surface area contributed by atoms with Gasteiger partial charge in [-0.1, -0.05) is 50.1 Å². The Balaban J connectivity index is 2.86. The highest BCUT2D eigenvalue weighted by molar-refractivity contribution is 5.48. The molecule has 104 valence electrons. The molecule has 0 saturated heterocycles. The number of nitro groups is 1. The molecule has 5 heteroatoms. The molecule has 1 rings (SSSR count). The fourth-order valence-corrected chi connectivity index (χ4v) is 2.16. The van der Waals surface area contributed by atoms with Gasteiger partial charge in [0, 0.05) is 11.3 Å². The van der Waals surface area contributed by atoms with E-state index in [1.54, 1.807) is 12.1 Å². The maximum atomic E-state index is 11.2. The summed E-state index contributed by atoms with van der Waals surface area (Å²) >= 11 is 0. The van der Waals surface area contributed by atoms with Gasteiger partial charge in [0.1, 0.15) is 6.04 Å². The highest BCUT2D eigenvalue weighted by Gasteiger charge is 2.31. The van der Waals surface area contributed by atoms with Gasteiger partial charge in [0.05, 0.1) is 0 Å². The lowest BCUT2D eigenvalue weighted by Gasteiger charge is -2.20. The van der Waals surface area contributed by atoms with Gasteiger partial charge in [0.2, 0.25) is 12.5 Å². The van der Waals surface area contributed by atoms with Crippen molar-refractivity contribution >= 4 is 6.41 Å². The summed E-state index contributed by atoms with van der Waals surface area (Å²) in [5, 5.41) is 13.8. The first-order valence-corrected chi connectivity index (χ1v) is 6.58. The Labute approximate surface area is 113 Å². The topological polar surface area (TPSA) is 72.2 Å². The van der Waals surface area contributed by atoms with E-state index in [1.807, 2.05) is 18.2 Å². The fraction of sp³-hybridized carbons (Fsp3) is 0.500. The van der Waals surface area contributed by atoms with Crippen molar-refractivity contribution in [3.8, 4) is 0 Å². The Morgan fingerprint density at radius 2 is 2.00 bits per heavy atom. The molecule has 1 amide bonds. The molecule has 0 aliphatic rings. The Bertz CT molecular complexity index is 395. The zero-order valence-corrected chi connectivity index (χ0v) is 11.1. The largest absolute Gasteiger partial charge is 0.345 e. The van der Waals surface area contributed by atoms with Gasteiger partial charge in [-0.05, 0) is 12.0 Å². The first-order valence-electron chi connectivity index (χ1n) is 6.58. The predicted molar refractivity (Wildman–Crippen MR) is 73.3 cm³/mol. The molecule has 1 N–H and O–H groups in total. The summed E-state index contributed by atoms with van der Waals surface area (Å²) in [5.41, 5.74) is 0.771. The van der Waals surface area contributed by atoms with Crippen LogP contribution in [-0.4, -0.2) is 17.4 Å². The molecule has 0 spiro atoms. The van der Waals surface area contributed by atoms with E-state index in [0.717, 1.165) is 24.8 Å². The number of nitrogens with zero attached hydrogens (tertiary/aromatic N) is 1. The Hall–Kier alpha value is -1.91. The van der Waals surface area contributed by atoms with Crippen molar-refractivity contribution in [1.29, 1.82) is 0 Å². The van der Waals surface area contributed by atoms with Gasteiger partial charge in [0.25, 0.3) is 0 Å². The molecule has 0 heterocycles. The van der Waals surface area contributed by atoms with Crippen molar-refractivity contribution in [2.75, 3.05) is 0 Å². The van der Waals surface area contributed by atoms with Crippen molar-refractivity contribution in [2.45, 2.75) is 44.7 Å². The number of amides is 1. The third-order valence-corrected chi connectivity index (χ3v) is 3.17. The summed E-state index contributed by atoms with van der Waals surface area (Å²) in [6, 6.07) is 7.74. The summed E-state index contributed by atoms with van der Waals surface area (Å²) in [6.07, 6.45) is 3.79. The second kappa shape index (κ2) is 8.24. The van der Waals surface area contributed by atoms with Gasteiger partial charge in [0.15, 0.2) is 0 Å². The lowest BCUT2D eigenvalue weighted by Crippen LogP contribution is -2.36. The SMILES string of the molecule is CCCCC[C@@H]([C@H](NC=O)c1ccccc1)[N+](=O)[O-]. The van der Waals surface area contributed by atoms with Crippen LogP contribution in [0.4, 0.5) is 0 Å². The van der Waals surface area contributed by atoms with E-state index in [4.69, 9.17) is 0 Å². The summed E-state index contributed by atoms with van der Waals surface area (Å²) in [5.74, 6) is 0. The number of rotatable bonds is 9. The second-order valence-corrected chi connectivity index (χ2v) is 4.52. The minimum atomic E-state index is -0.779. The van der Waals surface area contributed by atoms with Gasteiger partial charge in [-0.2, -0.15) is 0 Å². The van der Waals surface area contributed by atoms with E-state index < -0.39 is 12.1 Å². The highest BCUT2D eigenvalue weighted by Crippen LogP contribution is 2.22. The predicted octanol–water partition coefficient (Wildman–Crippen LogP) is 2.70. The van der Waals surface area contributed by atoms with E-state index in [2.05, 4.69) is 12.2 Å². The molecular formula is C14H20N2O3. The van der Waals surface area contributed by atoms with Gasteiger partial charge in [-0.3, -0.25) is 14.9 Å². The van der Waals surface area contributed by atoms with Crippen LogP contribution in [0.2, 0.25) is 0 Å². The molecule has 0 unspecified atom stereocenters. The smallest absolute Gasteiger partial charge is 0.237 e.